The number of hydrogen-bond acceptors (Lipinski definition) is 3. The Balaban J connectivity index is 1.34. The number of amides is 1. The highest BCUT2D eigenvalue weighted by Crippen LogP contribution is 2.33. The molecule has 2 aromatic rings. The van der Waals surface area contributed by atoms with Crippen molar-refractivity contribution in [1.82, 2.24) is 9.88 Å². The molecule has 0 atom stereocenters. The van der Waals surface area contributed by atoms with Crippen LogP contribution in [-0.2, 0) is 9.59 Å². The van der Waals surface area contributed by atoms with Crippen LogP contribution >= 0.6 is 0 Å². The Morgan fingerprint density at radius 3 is 2.46 bits per heavy atom. The van der Waals surface area contributed by atoms with Gasteiger partial charge in [0.15, 0.2) is 0 Å². The van der Waals surface area contributed by atoms with Gasteiger partial charge in [-0.1, -0.05) is 38.0 Å². The first-order valence-corrected chi connectivity index (χ1v) is 10.8. The Bertz CT molecular complexity index is 841. The van der Waals surface area contributed by atoms with Gasteiger partial charge in [0, 0.05) is 31.1 Å². The lowest BCUT2D eigenvalue weighted by atomic mass is 9.80. The standard InChI is InChI=1S/C24H30N2O2/c1-17-6-8-18(9-7-17)16-23(27)24(28)26-14-11-19(12-15-26)20-10-13-25-22-5-3-2-4-21(20)22/h2-5,10,13,17-19H,6-9,11-12,14-16H2,1H3. The number of fused-ring (bicyclic) bond motifs is 1. The fourth-order valence-corrected chi connectivity index (χ4v) is 4.93. The minimum Gasteiger partial charge on any atom is -0.336 e. The van der Waals surface area contributed by atoms with Gasteiger partial charge in [-0.05, 0) is 61.1 Å². The number of nitrogens with zero attached hydrogens (tertiary/aromatic N) is 2. The summed E-state index contributed by atoms with van der Waals surface area (Å²) in [6.07, 6.45) is 8.72. The summed E-state index contributed by atoms with van der Waals surface area (Å²) in [5.74, 6) is 1.18. The number of piperidine rings is 1. The molecular formula is C24H30N2O2. The van der Waals surface area contributed by atoms with Crippen LogP contribution in [0.2, 0.25) is 0 Å². The Morgan fingerprint density at radius 2 is 1.71 bits per heavy atom. The third kappa shape index (κ3) is 4.11. The molecule has 4 rings (SSSR count). The van der Waals surface area contributed by atoms with Gasteiger partial charge >= 0.3 is 0 Å². The largest absolute Gasteiger partial charge is 0.336 e. The maximum absolute atomic E-state index is 12.7. The van der Waals surface area contributed by atoms with Crippen molar-refractivity contribution in [2.75, 3.05) is 13.1 Å². The summed E-state index contributed by atoms with van der Waals surface area (Å²) in [7, 11) is 0. The lowest BCUT2D eigenvalue weighted by molar-refractivity contribution is -0.146. The molecule has 0 unspecified atom stereocenters. The summed E-state index contributed by atoms with van der Waals surface area (Å²) in [5.41, 5.74) is 2.34. The van der Waals surface area contributed by atoms with E-state index >= 15 is 0 Å². The van der Waals surface area contributed by atoms with Gasteiger partial charge in [-0.15, -0.1) is 0 Å². The van der Waals surface area contributed by atoms with Gasteiger partial charge in [-0.2, -0.15) is 0 Å². The minimum atomic E-state index is -0.253. The molecule has 0 radical (unpaired) electrons. The number of benzene rings is 1. The molecule has 1 amide bonds. The van der Waals surface area contributed by atoms with Crippen molar-refractivity contribution in [2.24, 2.45) is 11.8 Å². The first kappa shape index (κ1) is 19.1. The van der Waals surface area contributed by atoms with E-state index in [1.807, 2.05) is 18.3 Å². The molecule has 2 aliphatic rings. The first-order chi connectivity index (χ1) is 13.6. The number of aromatic nitrogens is 1. The highest BCUT2D eigenvalue weighted by Gasteiger charge is 2.30. The van der Waals surface area contributed by atoms with Crippen molar-refractivity contribution in [2.45, 2.75) is 57.8 Å². The molecule has 0 N–H and O–H groups in total. The summed E-state index contributed by atoms with van der Waals surface area (Å²) >= 11 is 0. The van der Waals surface area contributed by atoms with Crippen molar-refractivity contribution >= 4 is 22.6 Å². The zero-order valence-corrected chi connectivity index (χ0v) is 16.8. The van der Waals surface area contributed by atoms with Crippen LogP contribution in [0.1, 0.15) is 63.4 Å². The van der Waals surface area contributed by atoms with Gasteiger partial charge in [0.25, 0.3) is 5.91 Å². The average Bonchev–Trinajstić information content (AvgIpc) is 2.74. The SMILES string of the molecule is CC1CCC(CC(=O)C(=O)N2CCC(c3ccnc4ccccc34)CC2)CC1. The molecule has 4 heteroatoms. The molecule has 1 saturated heterocycles. The topological polar surface area (TPSA) is 50.3 Å². The number of ketones is 1. The van der Waals surface area contributed by atoms with Crippen molar-refractivity contribution in [3.63, 3.8) is 0 Å². The molecule has 4 nitrogen and oxygen atoms in total. The first-order valence-electron chi connectivity index (χ1n) is 10.8. The molecule has 148 valence electrons. The Hall–Kier alpha value is -2.23. The van der Waals surface area contributed by atoms with E-state index in [0.29, 0.717) is 31.3 Å². The predicted molar refractivity (Wildman–Crippen MR) is 111 cm³/mol. The number of rotatable bonds is 4. The normalized spacial score (nSPS) is 23.7. The second-order valence-electron chi connectivity index (χ2n) is 8.74. The monoisotopic (exact) mass is 378 g/mol. The maximum atomic E-state index is 12.7. The van der Waals surface area contributed by atoms with Gasteiger partial charge < -0.3 is 4.90 Å². The number of likely N-dealkylation sites (tertiary alicyclic amines) is 1. The zero-order chi connectivity index (χ0) is 19.5. The van der Waals surface area contributed by atoms with E-state index in [1.54, 1.807) is 4.90 Å². The van der Waals surface area contributed by atoms with Crippen LogP contribution in [0, 0.1) is 11.8 Å². The van der Waals surface area contributed by atoms with Gasteiger partial charge in [0.1, 0.15) is 0 Å². The van der Waals surface area contributed by atoms with Gasteiger partial charge in [0.05, 0.1) is 5.52 Å². The lowest BCUT2D eigenvalue weighted by Gasteiger charge is -2.33. The van der Waals surface area contributed by atoms with E-state index in [4.69, 9.17) is 0 Å². The molecule has 1 aromatic carbocycles. The van der Waals surface area contributed by atoms with Crippen molar-refractivity contribution < 1.29 is 9.59 Å². The van der Waals surface area contributed by atoms with Crippen LogP contribution in [0.3, 0.4) is 0 Å². The highest BCUT2D eigenvalue weighted by atomic mass is 16.2. The second-order valence-corrected chi connectivity index (χ2v) is 8.74. The van der Waals surface area contributed by atoms with Crippen LogP contribution in [0.25, 0.3) is 10.9 Å². The number of carbonyl (C=O) groups is 2. The van der Waals surface area contributed by atoms with E-state index in [0.717, 1.165) is 37.1 Å². The van der Waals surface area contributed by atoms with E-state index in [-0.39, 0.29) is 11.7 Å². The van der Waals surface area contributed by atoms with Crippen LogP contribution < -0.4 is 0 Å². The number of Topliss-reactive ketones (excluding diaryl/α,β-unsaturated/α-hetero) is 1. The second kappa shape index (κ2) is 8.42. The third-order valence-electron chi connectivity index (χ3n) is 6.75. The van der Waals surface area contributed by atoms with Crippen LogP contribution in [0.4, 0.5) is 0 Å². The van der Waals surface area contributed by atoms with Crippen molar-refractivity contribution in [3.8, 4) is 0 Å². The Labute approximate surface area is 167 Å². The highest BCUT2D eigenvalue weighted by molar-refractivity contribution is 6.36. The summed E-state index contributed by atoms with van der Waals surface area (Å²) in [4.78, 5) is 31.4. The molecule has 1 aliphatic heterocycles. The quantitative estimate of drug-likeness (QED) is 0.723. The van der Waals surface area contributed by atoms with E-state index < -0.39 is 0 Å². The van der Waals surface area contributed by atoms with Gasteiger partial charge in [-0.3, -0.25) is 14.6 Å². The van der Waals surface area contributed by atoms with E-state index in [9.17, 15) is 9.59 Å². The Morgan fingerprint density at radius 1 is 1.00 bits per heavy atom. The van der Waals surface area contributed by atoms with Crippen LogP contribution in [-0.4, -0.2) is 34.7 Å². The number of pyridine rings is 1. The van der Waals surface area contributed by atoms with Crippen molar-refractivity contribution in [3.05, 3.63) is 42.1 Å². The molecule has 2 heterocycles. The summed E-state index contributed by atoms with van der Waals surface area (Å²) in [6, 6.07) is 10.3. The molecule has 1 saturated carbocycles. The third-order valence-corrected chi connectivity index (χ3v) is 6.75. The Kier molecular flexibility index (Phi) is 5.74. The summed E-state index contributed by atoms with van der Waals surface area (Å²) < 4.78 is 0. The molecule has 0 spiro atoms. The smallest absolute Gasteiger partial charge is 0.289 e. The van der Waals surface area contributed by atoms with Crippen molar-refractivity contribution in [1.29, 1.82) is 0 Å². The zero-order valence-electron chi connectivity index (χ0n) is 16.8. The fraction of sp³-hybridized carbons (Fsp3) is 0.542. The van der Waals surface area contributed by atoms with E-state index in [1.165, 1.54) is 23.8 Å². The molecule has 28 heavy (non-hydrogen) atoms. The summed E-state index contributed by atoms with van der Waals surface area (Å²) in [6.45, 7) is 3.63. The van der Waals surface area contributed by atoms with Crippen LogP contribution in [0.15, 0.2) is 36.5 Å². The number of para-hydroxylation sites is 1. The molecule has 2 fully saturated rings. The van der Waals surface area contributed by atoms with Crippen LogP contribution in [0.5, 0.6) is 0 Å². The number of carbonyl (C=O) groups excluding carboxylic acids is 2. The van der Waals surface area contributed by atoms with Gasteiger partial charge in [0.2, 0.25) is 5.78 Å². The minimum absolute atomic E-state index is 0.174. The van der Waals surface area contributed by atoms with E-state index in [2.05, 4.69) is 30.1 Å². The summed E-state index contributed by atoms with van der Waals surface area (Å²) in [5, 5.41) is 1.21. The molecule has 0 bridgehead atoms. The molecule has 1 aromatic heterocycles. The predicted octanol–water partition coefficient (Wildman–Crippen LogP) is 4.73. The maximum Gasteiger partial charge on any atom is 0.289 e. The number of hydrogen-bond donors (Lipinski definition) is 0. The lowest BCUT2D eigenvalue weighted by Crippen LogP contribution is -2.42. The van der Waals surface area contributed by atoms with Gasteiger partial charge in [-0.25, -0.2) is 0 Å². The fourth-order valence-electron chi connectivity index (χ4n) is 4.93. The molecular weight excluding hydrogens is 348 g/mol. The molecule has 1 aliphatic carbocycles. The average molecular weight is 379 g/mol.